The number of benzene rings is 2. The molecule has 210 valence electrons. The van der Waals surface area contributed by atoms with Gasteiger partial charge in [0.15, 0.2) is 0 Å². The highest BCUT2D eigenvalue weighted by Crippen LogP contribution is 2.63. The van der Waals surface area contributed by atoms with E-state index < -0.39 is 0 Å². The number of nitrogens with zero attached hydrogens (tertiary/aromatic N) is 3. The highest BCUT2D eigenvalue weighted by molar-refractivity contribution is 6.05. The first-order chi connectivity index (χ1) is 20.1. The largest absolute Gasteiger partial charge is 0.437 e. The smallest absolute Gasteiger partial charge is 0.228 e. The molecule has 1 unspecified atom stereocenters. The minimum Gasteiger partial charge on any atom is -0.437 e. The number of pyridine rings is 1. The first kappa shape index (κ1) is 25.9. The Morgan fingerprint density at radius 3 is 2.76 bits per heavy atom. The van der Waals surface area contributed by atoms with Gasteiger partial charge >= 0.3 is 0 Å². The average molecular weight is 549 g/mol. The van der Waals surface area contributed by atoms with Gasteiger partial charge in [-0.25, -0.2) is 15.0 Å². The second kappa shape index (κ2) is 10.7. The van der Waals surface area contributed by atoms with Crippen molar-refractivity contribution < 1.29 is 9.53 Å². The molecular formula is C33H36N6O2. The number of aromatic nitrogens is 3. The molecule has 41 heavy (non-hydrogen) atoms. The number of anilines is 2. The summed E-state index contributed by atoms with van der Waals surface area (Å²) in [5, 5.41) is 12.0. The molecule has 3 fully saturated rings. The fraction of sp³-hybridized carbons (Fsp3) is 0.394. The predicted octanol–water partition coefficient (Wildman–Crippen LogP) is 6.48. The van der Waals surface area contributed by atoms with Crippen molar-refractivity contribution >= 4 is 28.3 Å². The van der Waals surface area contributed by atoms with E-state index in [0.717, 1.165) is 71.4 Å². The normalized spacial score (nSPS) is 21.1. The molecule has 2 atom stereocenters. The number of hydrogen-bond acceptors (Lipinski definition) is 7. The zero-order valence-corrected chi connectivity index (χ0v) is 23.5. The number of aryl methyl sites for hydroxylation is 1. The number of rotatable bonds is 7. The Kier molecular flexibility index (Phi) is 6.79. The summed E-state index contributed by atoms with van der Waals surface area (Å²) < 4.78 is 6.58. The van der Waals surface area contributed by atoms with Gasteiger partial charge in [0.25, 0.3) is 0 Å². The Balaban J connectivity index is 1.17. The third kappa shape index (κ3) is 5.12. The second-order valence-electron chi connectivity index (χ2n) is 11.8. The first-order valence-electron chi connectivity index (χ1n) is 14.9. The zero-order valence-electron chi connectivity index (χ0n) is 23.5. The number of nitrogens with one attached hydrogen (secondary N) is 3. The third-order valence-electron chi connectivity index (χ3n) is 9.10. The van der Waals surface area contributed by atoms with Crippen LogP contribution < -0.4 is 20.7 Å². The van der Waals surface area contributed by atoms with Crippen LogP contribution in [0.2, 0.25) is 0 Å². The lowest BCUT2D eigenvalue weighted by Gasteiger charge is -2.23. The Labute approximate surface area is 240 Å². The van der Waals surface area contributed by atoms with E-state index >= 15 is 0 Å². The van der Waals surface area contributed by atoms with Crippen molar-refractivity contribution in [2.75, 3.05) is 23.7 Å². The number of piperidine rings is 1. The lowest BCUT2D eigenvalue weighted by molar-refractivity contribution is -0.118. The molecule has 7 rings (SSSR count). The summed E-state index contributed by atoms with van der Waals surface area (Å²) in [4.78, 5) is 27.1. The van der Waals surface area contributed by atoms with Gasteiger partial charge in [0.05, 0.1) is 11.3 Å². The van der Waals surface area contributed by atoms with Gasteiger partial charge in [-0.05, 0) is 80.8 Å². The summed E-state index contributed by atoms with van der Waals surface area (Å²) in [6.45, 7) is 3.99. The van der Waals surface area contributed by atoms with E-state index in [2.05, 4.69) is 32.0 Å². The lowest BCUT2D eigenvalue weighted by Crippen LogP contribution is -2.38. The highest BCUT2D eigenvalue weighted by atomic mass is 16.5. The van der Waals surface area contributed by atoms with Crippen LogP contribution in [0.3, 0.4) is 0 Å². The average Bonchev–Trinajstić information content (AvgIpc) is 3.51. The topological polar surface area (TPSA) is 101 Å². The van der Waals surface area contributed by atoms with E-state index in [9.17, 15) is 4.79 Å². The van der Waals surface area contributed by atoms with Gasteiger partial charge < -0.3 is 20.7 Å². The number of carbonyl (C=O) groups excluding carboxylic acids is 1. The number of amides is 1. The fourth-order valence-electron chi connectivity index (χ4n) is 6.75. The molecule has 3 N–H and O–H groups in total. The quantitative estimate of drug-likeness (QED) is 0.243. The summed E-state index contributed by atoms with van der Waals surface area (Å²) in [6.07, 6.45) is 11.6. The maximum absolute atomic E-state index is 13.2. The van der Waals surface area contributed by atoms with E-state index in [4.69, 9.17) is 9.72 Å². The van der Waals surface area contributed by atoms with Gasteiger partial charge in [0, 0.05) is 47.4 Å². The van der Waals surface area contributed by atoms with E-state index in [1.165, 1.54) is 25.7 Å². The molecule has 0 radical (unpaired) electrons. The summed E-state index contributed by atoms with van der Waals surface area (Å²) in [5.74, 6) is 2.08. The van der Waals surface area contributed by atoms with Crippen LogP contribution in [0.4, 0.5) is 11.6 Å². The molecule has 1 aliphatic heterocycles. The summed E-state index contributed by atoms with van der Waals surface area (Å²) in [7, 11) is 0. The van der Waals surface area contributed by atoms with Gasteiger partial charge in [-0.1, -0.05) is 37.1 Å². The lowest BCUT2D eigenvalue weighted by atomic mass is 10.0. The number of carbonyl (C=O) groups is 1. The second-order valence-corrected chi connectivity index (χ2v) is 11.8. The van der Waals surface area contributed by atoms with Crippen molar-refractivity contribution in [3.63, 3.8) is 0 Å². The molecule has 2 aliphatic carbocycles. The van der Waals surface area contributed by atoms with Gasteiger partial charge in [-0.2, -0.15) is 0 Å². The highest BCUT2D eigenvalue weighted by Gasteiger charge is 2.58. The monoisotopic (exact) mass is 548 g/mol. The maximum Gasteiger partial charge on any atom is 0.228 e. The number of fused-ring (bicyclic) bond motifs is 1. The molecule has 4 aromatic rings. The van der Waals surface area contributed by atoms with Gasteiger partial charge in [-0.3, -0.25) is 4.79 Å². The van der Waals surface area contributed by atoms with E-state index in [-0.39, 0.29) is 17.2 Å². The molecule has 1 amide bonds. The van der Waals surface area contributed by atoms with Crippen molar-refractivity contribution in [2.45, 2.75) is 57.9 Å². The number of hydrogen-bond donors (Lipinski definition) is 3. The summed E-state index contributed by atoms with van der Waals surface area (Å²) in [6, 6.07) is 16.1. The molecule has 2 saturated carbocycles. The molecule has 3 heterocycles. The van der Waals surface area contributed by atoms with Crippen LogP contribution in [0.5, 0.6) is 11.6 Å². The van der Waals surface area contributed by atoms with Crippen LogP contribution in [0.1, 0.15) is 50.5 Å². The van der Waals surface area contributed by atoms with Crippen molar-refractivity contribution in [3.8, 4) is 22.9 Å². The van der Waals surface area contributed by atoms with Gasteiger partial charge in [0.1, 0.15) is 5.75 Å². The molecule has 1 saturated heterocycles. The molecule has 2 aromatic heterocycles. The minimum absolute atomic E-state index is 0.138. The van der Waals surface area contributed by atoms with Crippen LogP contribution in [0, 0.1) is 18.3 Å². The first-order valence-corrected chi connectivity index (χ1v) is 14.9. The van der Waals surface area contributed by atoms with Crippen molar-refractivity contribution in [2.24, 2.45) is 11.3 Å². The molecule has 1 spiro atoms. The molecular weight excluding hydrogens is 512 g/mol. The van der Waals surface area contributed by atoms with Crippen molar-refractivity contribution in [1.29, 1.82) is 0 Å². The predicted molar refractivity (Wildman–Crippen MR) is 161 cm³/mol. The maximum atomic E-state index is 13.2. The Bertz CT molecular complexity index is 1590. The Morgan fingerprint density at radius 1 is 1.00 bits per heavy atom. The molecule has 2 aromatic carbocycles. The third-order valence-corrected chi connectivity index (χ3v) is 9.10. The van der Waals surface area contributed by atoms with Crippen LogP contribution in [0.25, 0.3) is 22.0 Å². The van der Waals surface area contributed by atoms with Crippen LogP contribution in [0.15, 0.2) is 60.9 Å². The van der Waals surface area contributed by atoms with E-state index in [0.29, 0.717) is 17.9 Å². The Hall–Kier alpha value is -4.04. The van der Waals surface area contributed by atoms with Crippen LogP contribution >= 0.6 is 0 Å². The number of ether oxygens (including phenoxy) is 1. The molecule has 8 nitrogen and oxygen atoms in total. The summed E-state index contributed by atoms with van der Waals surface area (Å²) >= 11 is 0. The standard InChI is InChI=1S/C33H36N6O2/c1-21-11-12-23-24(8-4-10-27(23)38-30(40)26-19-33(26)14-2-3-15-33)29(21)41-31-25(9-6-17-35-31)28-13-18-36-32(39-28)37-22-7-5-16-34-20-22/h4,6,8-13,17-18,22,26,34H,2-3,5,7,14-16,19-20H2,1H3,(H,38,40)(H,36,37,39)/t22-,26?/m0/s1. The van der Waals surface area contributed by atoms with Gasteiger partial charge in [-0.15, -0.1) is 0 Å². The van der Waals surface area contributed by atoms with Crippen molar-refractivity contribution in [1.82, 2.24) is 20.3 Å². The van der Waals surface area contributed by atoms with Gasteiger partial charge in [0.2, 0.25) is 17.7 Å². The molecule has 3 aliphatic rings. The van der Waals surface area contributed by atoms with Crippen molar-refractivity contribution in [3.05, 3.63) is 66.5 Å². The van der Waals surface area contributed by atoms with Crippen LogP contribution in [-0.4, -0.2) is 40.0 Å². The van der Waals surface area contributed by atoms with E-state index in [1.54, 1.807) is 12.4 Å². The minimum atomic E-state index is 0.138. The Morgan fingerprint density at radius 2 is 1.90 bits per heavy atom. The molecule has 8 heteroatoms. The van der Waals surface area contributed by atoms with E-state index in [1.807, 2.05) is 49.4 Å². The summed E-state index contributed by atoms with van der Waals surface area (Å²) in [5.41, 5.74) is 3.60. The van der Waals surface area contributed by atoms with Crippen LogP contribution in [-0.2, 0) is 4.79 Å². The fourth-order valence-corrected chi connectivity index (χ4v) is 6.75. The molecule has 0 bridgehead atoms. The SMILES string of the molecule is Cc1ccc2c(NC(=O)C3CC34CCCC4)cccc2c1Oc1ncccc1-c1ccnc(N[C@H]2CCCNC2)n1. The zero-order chi connectivity index (χ0) is 27.8.